The molecule has 0 radical (unpaired) electrons. The molecule has 63 heavy (non-hydrogen) atoms. The van der Waals surface area contributed by atoms with E-state index in [0.29, 0.717) is 19.3 Å². The summed E-state index contributed by atoms with van der Waals surface area (Å²) in [6.45, 7) is 6.40. The van der Waals surface area contributed by atoms with E-state index in [1.807, 2.05) is 0 Å². The fourth-order valence-electron chi connectivity index (χ4n) is 7.29. The van der Waals surface area contributed by atoms with E-state index in [1.165, 1.54) is 77.0 Å². The number of rotatable bonds is 47. The van der Waals surface area contributed by atoms with Gasteiger partial charge >= 0.3 is 17.9 Å². The van der Waals surface area contributed by atoms with Crippen LogP contribution in [0.5, 0.6) is 0 Å². The molecule has 0 aliphatic rings. The molecule has 6 heteroatoms. The maximum absolute atomic E-state index is 12.8. The van der Waals surface area contributed by atoms with Gasteiger partial charge in [0.15, 0.2) is 6.10 Å². The van der Waals surface area contributed by atoms with Crippen molar-refractivity contribution in [2.45, 2.75) is 258 Å². The Kier molecular flexibility index (Phi) is 48.9. The summed E-state index contributed by atoms with van der Waals surface area (Å²) in [4.78, 5) is 38.0. The lowest BCUT2D eigenvalue weighted by molar-refractivity contribution is -0.167. The van der Waals surface area contributed by atoms with Crippen molar-refractivity contribution < 1.29 is 28.6 Å². The second-order valence-corrected chi connectivity index (χ2v) is 17.4. The van der Waals surface area contributed by atoms with Crippen molar-refractivity contribution in [1.82, 2.24) is 0 Å². The molecule has 0 aromatic rings. The molecule has 0 aliphatic heterocycles. The molecule has 0 aromatic carbocycles. The summed E-state index contributed by atoms with van der Waals surface area (Å²) in [5, 5.41) is 0. The van der Waals surface area contributed by atoms with Crippen molar-refractivity contribution in [2.24, 2.45) is 0 Å². The first-order valence-electron chi connectivity index (χ1n) is 26.4. The third-order valence-corrected chi connectivity index (χ3v) is 11.2. The van der Waals surface area contributed by atoms with Crippen LogP contribution in [0.15, 0.2) is 72.9 Å². The summed E-state index contributed by atoms with van der Waals surface area (Å²) in [7, 11) is 0. The van der Waals surface area contributed by atoms with Crippen LogP contribution in [0.1, 0.15) is 252 Å². The van der Waals surface area contributed by atoms with Gasteiger partial charge in [-0.1, -0.05) is 222 Å². The minimum Gasteiger partial charge on any atom is -0.462 e. The first kappa shape index (κ1) is 59.9. The van der Waals surface area contributed by atoms with Gasteiger partial charge in [0.2, 0.25) is 0 Å². The van der Waals surface area contributed by atoms with Crippen LogP contribution in [0.25, 0.3) is 0 Å². The number of allylic oxidation sites excluding steroid dienone is 12. The molecule has 0 aromatic heterocycles. The number of hydrogen-bond donors (Lipinski definition) is 0. The van der Waals surface area contributed by atoms with E-state index < -0.39 is 6.10 Å². The largest absolute Gasteiger partial charge is 0.462 e. The van der Waals surface area contributed by atoms with Gasteiger partial charge < -0.3 is 14.2 Å². The zero-order valence-electron chi connectivity index (χ0n) is 41.3. The third-order valence-electron chi connectivity index (χ3n) is 11.2. The lowest BCUT2D eigenvalue weighted by atomic mass is 10.0. The van der Waals surface area contributed by atoms with Gasteiger partial charge in [-0.3, -0.25) is 14.4 Å². The zero-order valence-corrected chi connectivity index (χ0v) is 41.3. The molecule has 0 saturated carbocycles. The average Bonchev–Trinajstić information content (AvgIpc) is 3.28. The molecular formula is C57H98O6. The molecular weight excluding hydrogens is 781 g/mol. The monoisotopic (exact) mass is 879 g/mol. The van der Waals surface area contributed by atoms with Crippen molar-refractivity contribution in [3.8, 4) is 0 Å². The molecule has 0 fully saturated rings. The van der Waals surface area contributed by atoms with E-state index >= 15 is 0 Å². The Morgan fingerprint density at radius 3 is 0.968 bits per heavy atom. The highest BCUT2D eigenvalue weighted by Gasteiger charge is 2.19. The van der Waals surface area contributed by atoms with Crippen molar-refractivity contribution in [2.75, 3.05) is 13.2 Å². The Labute approximate surface area is 389 Å². The maximum atomic E-state index is 12.8. The quantitative estimate of drug-likeness (QED) is 0.0262. The van der Waals surface area contributed by atoms with Crippen molar-refractivity contribution in [1.29, 1.82) is 0 Å². The topological polar surface area (TPSA) is 78.9 Å². The van der Waals surface area contributed by atoms with E-state index in [-0.39, 0.29) is 31.1 Å². The number of carbonyl (C=O) groups is 3. The van der Waals surface area contributed by atoms with Crippen LogP contribution in [0.4, 0.5) is 0 Å². The molecule has 0 unspecified atom stereocenters. The van der Waals surface area contributed by atoms with Gasteiger partial charge in [-0.15, -0.1) is 0 Å². The van der Waals surface area contributed by atoms with Crippen LogP contribution in [0.2, 0.25) is 0 Å². The van der Waals surface area contributed by atoms with Crippen LogP contribution < -0.4 is 0 Å². The molecule has 0 amide bonds. The number of esters is 3. The molecule has 0 saturated heterocycles. The van der Waals surface area contributed by atoms with Crippen LogP contribution >= 0.6 is 0 Å². The predicted octanol–water partition coefficient (Wildman–Crippen LogP) is 17.4. The van der Waals surface area contributed by atoms with Crippen LogP contribution in [0.3, 0.4) is 0 Å². The predicted molar refractivity (Wildman–Crippen MR) is 270 cm³/mol. The number of hydrogen-bond acceptors (Lipinski definition) is 6. The van der Waals surface area contributed by atoms with E-state index in [0.717, 1.165) is 135 Å². The Morgan fingerprint density at radius 2 is 0.619 bits per heavy atom. The second-order valence-electron chi connectivity index (χ2n) is 17.4. The van der Waals surface area contributed by atoms with Crippen LogP contribution in [-0.4, -0.2) is 37.2 Å². The van der Waals surface area contributed by atoms with Gasteiger partial charge in [0.05, 0.1) is 0 Å². The van der Waals surface area contributed by atoms with E-state index in [4.69, 9.17) is 14.2 Å². The first-order chi connectivity index (χ1) is 31.0. The minimum absolute atomic E-state index is 0.0886. The molecule has 0 rings (SSSR count). The highest BCUT2D eigenvalue weighted by Crippen LogP contribution is 2.15. The average molecular weight is 879 g/mol. The Morgan fingerprint density at radius 1 is 0.333 bits per heavy atom. The number of carbonyl (C=O) groups excluding carboxylic acids is 3. The van der Waals surface area contributed by atoms with E-state index in [2.05, 4.69) is 93.7 Å². The Balaban J connectivity index is 4.42. The Bertz CT molecular complexity index is 1120. The summed E-state index contributed by atoms with van der Waals surface area (Å²) < 4.78 is 16.8. The SMILES string of the molecule is CC/C=C\C/C=C\C/C=C\CCCCCCCC(=O)OCC(COC(=O)CCCCCCC/C=C\C/C=C\C/C=C\CC)OC(=O)CCCCCCCCCCCCCCCCC. The molecule has 0 atom stereocenters. The second kappa shape index (κ2) is 51.5. The van der Waals surface area contributed by atoms with Gasteiger partial charge in [-0.2, -0.15) is 0 Å². The highest BCUT2D eigenvalue weighted by atomic mass is 16.6. The van der Waals surface area contributed by atoms with Gasteiger partial charge in [0.25, 0.3) is 0 Å². The van der Waals surface area contributed by atoms with Crippen LogP contribution in [-0.2, 0) is 28.6 Å². The molecule has 362 valence electrons. The minimum atomic E-state index is -0.787. The van der Waals surface area contributed by atoms with Gasteiger partial charge in [0, 0.05) is 19.3 Å². The molecule has 0 spiro atoms. The van der Waals surface area contributed by atoms with E-state index in [9.17, 15) is 14.4 Å². The maximum Gasteiger partial charge on any atom is 0.306 e. The molecule has 6 nitrogen and oxygen atoms in total. The smallest absolute Gasteiger partial charge is 0.306 e. The summed E-state index contributed by atoms with van der Waals surface area (Å²) in [5.41, 5.74) is 0. The van der Waals surface area contributed by atoms with Crippen molar-refractivity contribution in [3.63, 3.8) is 0 Å². The number of unbranched alkanes of at least 4 members (excludes halogenated alkanes) is 24. The lowest BCUT2D eigenvalue weighted by Crippen LogP contribution is -2.30. The zero-order chi connectivity index (χ0) is 45.8. The summed E-state index contributed by atoms with van der Waals surface area (Å²) in [6.07, 6.45) is 64.5. The number of ether oxygens (including phenoxy) is 3. The Hall–Kier alpha value is -3.15. The fourth-order valence-corrected chi connectivity index (χ4v) is 7.29. The third kappa shape index (κ3) is 49.7. The molecule has 0 bridgehead atoms. The van der Waals surface area contributed by atoms with Crippen molar-refractivity contribution in [3.05, 3.63) is 72.9 Å². The molecule has 0 heterocycles. The highest BCUT2D eigenvalue weighted by molar-refractivity contribution is 5.71. The van der Waals surface area contributed by atoms with Gasteiger partial charge in [-0.05, 0) is 83.5 Å². The fraction of sp³-hybridized carbons (Fsp3) is 0.737. The summed E-state index contributed by atoms with van der Waals surface area (Å²) in [5.74, 6) is -0.915. The summed E-state index contributed by atoms with van der Waals surface area (Å²) >= 11 is 0. The standard InChI is InChI=1S/C57H98O6/c1-4-7-10-13-16-19-22-25-28-31-34-37-40-43-46-49-55(58)61-52-54(63-57(60)51-48-45-42-39-36-33-30-27-24-21-18-15-12-9-6-3)53-62-56(59)50-47-44-41-38-35-32-29-26-23-20-17-14-11-8-5-2/h7-8,10-11,16-17,19-20,25-26,28-29,54H,4-6,9,12-15,18,21-24,27,30-53H2,1-3H3/b10-7-,11-8-,19-16-,20-17-,28-25-,29-26-. The van der Waals surface area contributed by atoms with Gasteiger partial charge in [0.1, 0.15) is 13.2 Å². The molecule has 0 aliphatic carbocycles. The first-order valence-corrected chi connectivity index (χ1v) is 26.4. The normalized spacial score (nSPS) is 12.2. The van der Waals surface area contributed by atoms with Crippen LogP contribution in [0, 0.1) is 0 Å². The van der Waals surface area contributed by atoms with Crippen molar-refractivity contribution >= 4 is 17.9 Å². The summed E-state index contributed by atoms with van der Waals surface area (Å²) in [6, 6.07) is 0. The molecule has 0 N–H and O–H groups in total. The van der Waals surface area contributed by atoms with E-state index in [1.54, 1.807) is 0 Å². The van der Waals surface area contributed by atoms with Gasteiger partial charge in [-0.25, -0.2) is 0 Å². The lowest BCUT2D eigenvalue weighted by Gasteiger charge is -2.18.